The highest BCUT2D eigenvalue weighted by atomic mass is 32.1. The fourth-order valence-electron chi connectivity index (χ4n) is 8.32. The summed E-state index contributed by atoms with van der Waals surface area (Å²) in [6, 6.07) is 62.1. The molecule has 8 aromatic carbocycles. The van der Waals surface area contributed by atoms with Crippen molar-refractivity contribution in [3.05, 3.63) is 176 Å². The van der Waals surface area contributed by atoms with Crippen molar-refractivity contribution in [3.63, 3.8) is 0 Å². The zero-order valence-electron chi connectivity index (χ0n) is 29.3. The Bertz CT molecular complexity index is 3450. The van der Waals surface area contributed by atoms with Crippen molar-refractivity contribution in [2.75, 3.05) is 4.90 Å². The molecule has 0 fully saturated rings. The smallest absolute Gasteiger partial charge is 0.227 e. The number of oxazole rings is 1. The second kappa shape index (κ2) is 11.7. The molecular formula is C49H29N3O2S. The molecule has 5 nitrogen and oxygen atoms in total. The number of nitrogens with zero attached hydrogens (tertiary/aromatic N) is 3. The maximum atomic E-state index is 6.64. The van der Waals surface area contributed by atoms with E-state index in [0.717, 1.165) is 66.9 Å². The van der Waals surface area contributed by atoms with Crippen LogP contribution in [0.3, 0.4) is 0 Å². The Morgan fingerprint density at radius 2 is 1.18 bits per heavy atom. The van der Waals surface area contributed by atoms with Crippen LogP contribution >= 0.6 is 11.3 Å². The summed E-state index contributed by atoms with van der Waals surface area (Å²) in [4.78, 5) is 7.19. The Hall–Kier alpha value is -7.15. The summed E-state index contributed by atoms with van der Waals surface area (Å²) in [5, 5.41) is 6.95. The van der Waals surface area contributed by atoms with E-state index in [1.165, 1.54) is 36.5 Å². The van der Waals surface area contributed by atoms with E-state index in [0.29, 0.717) is 5.89 Å². The molecule has 258 valence electrons. The molecule has 12 aromatic rings. The summed E-state index contributed by atoms with van der Waals surface area (Å²) >= 11 is 1.84. The highest BCUT2D eigenvalue weighted by Crippen LogP contribution is 2.47. The van der Waals surface area contributed by atoms with E-state index in [-0.39, 0.29) is 0 Å². The summed E-state index contributed by atoms with van der Waals surface area (Å²) in [6.07, 6.45) is 0. The lowest BCUT2D eigenvalue weighted by Gasteiger charge is -2.26. The van der Waals surface area contributed by atoms with Gasteiger partial charge in [0.05, 0.1) is 21.4 Å². The third-order valence-electron chi connectivity index (χ3n) is 10.8. The molecule has 0 aliphatic rings. The summed E-state index contributed by atoms with van der Waals surface area (Å²) in [5.41, 5.74) is 10.7. The highest BCUT2D eigenvalue weighted by molar-refractivity contribution is 7.26. The van der Waals surface area contributed by atoms with Gasteiger partial charge in [0.15, 0.2) is 5.58 Å². The number of para-hydroxylation sites is 2. The third kappa shape index (κ3) is 4.62. The van der Waals surface area contributed by atoms with Crippen molar-refractivity contribution < 1.29 is 8.83 Å². The van der Waals surface area contributed by atoms with Crippen LogP contribution in [0.15, 0.2) is 185 Å². The standard InChI is InChI=1S/C49H29N3O2S/c1-3-12-30(13-4-1)49-50-40-29-45-39(28-46(40)54-49)35-24-22-33(27-44(35)53-45)51(43-20-11-18-37-36-17-8-10-21-47(36)55-48(37)43)32-23-25-42-38(26-32)34-16-7-9-19-41(34)52(42)31-14-5-2-6-15-31/h1-29H. The predicted molar refractivity (Wildman–Crippen MR) is 229 cm³/mol. The summed E-state index contributed by atoms with van der Waals surface area (Å²) < 4.78 is 17.8. The molecule has 4 heterocycles. The minimum atomic E-state index is 0.602. The highest BCUT2D eigenvalue weighted by Gasteiger charge is 2.22. The summed E-state index contributed by atoms with van der Waals surface area (Å²) in [7, 11) is 0. The van der Waals surface area contributed by atoms with Crippen LogP contribution in [0.25, 0.3) is 92.2 Å². The molecule has 0 radical (unpaired) electrons. The van der Waals surface area contributed by atoms with Crippen LogP contribution in [0.4, 0.5) is 17.1 Å². The number of hydrogen-bond acceptors (Lipinski definition) is 5. The van der Waals surface area contributed by atoms with Crippen molar-refractivity contribution in [1.82, 2.24) is 9.55 Å². The number of benzene rings is 8. The zero-order chi connectivity index (χ0) is 36.0. The average Bonchev–Trinajstić information content (AvgIpc) is 4.01. The van der Waals surface area contributed by atoms with Crippen LogP contribution in [-0.2, 0) is 0 Å². The Labute approximate surface area is 318 Å². The number of fused-ring (bicyclic) bond motifs is 10. The molecule has 0 aliphatic heterocycles. The van der Waals surface area contributed by atoms with E-state index in [1.54, 1.807) is 0 Å². The van der Waals surface area contributed by atoms with Crippen molar-refractivity contribution >= 4 is 103 Å². The Kier molecular flexibility index (Phi) is 6.44. The van der Waals surface area contributed by atoms with Gasteiger partial charge in [0.25, 0.3) is 0 Å². The molecule has 0 spiro atoms. The Balaban J connectivity index is 1.08. The first kappa shape index (κ1) is 30.3. The molecule has 0 unspecified atom stereocenters. The van der Waals surface area contributed by atoms with E-state index < -0.39 is 0 Å². The van der Waals surface area contributed by atoms with Crippen molar-refractivity contribution in [1.29, 1.82) is 0 Å². The molecule has 0 saturated carbocycles. The molecule has 12 rings (SSSR count). The first-order chi connectivity index (χ1) is 27.2. The molecule has 4 aromatic heterocycles. The fourth-order valence-corrected chi connectivity index (χ4v) is 9.53. The van der Waals surface area contributed by atoms with Crippen molar-refractivity contribution in [2.24, 2.45) is 0 Å². The van der Waals surface area contributed by atoms with Gasteiger partial charge in [-0.25, -0.2) is 4.98 Å². The number of rotatable bonds is 5. The van der Waals surface area contributed by atoms with Gasteiger partial charge in [-0.05, 0) is 78.9 Å². The maximum Gasteiger partial charge on any atom is 0.227 e. The molecule has 0 aliphatic carbocycles. The van der Waals surface area contributed by atoms with Crippen LogP contribution < -0.4 is 4.90 Å². The maximum absolute atomic E-state index is 6.64. The van der Waals surface area contributed by atoms with Gasteiger partial charge in [-0.2, -0.15) is 0 Å². The number of hydrogen-bond donors (Lipinski definition) is 0. The molecule has 0 bridgehead atoms. The van der Waals surface area contributed by atoms with E-state index >= 15 is 0 Å². The molecule has 0 amide bonds. The zero-order valence-corrected chi connectivity index (χ0v) is 30.1. The molecule has 0 saturated heterocycles. The monoisotopic (exact) mass is 723 g/mol. The topological polar surface area (TPSA) is 47.3 Å². The lowest BCUT2D eigenvalue weighted by molar-refractivity contribution is 0.620. The van der Waals surface area contributed by atoms with Crippen LogP contribution in [0, 0.1) is 0 Å². The quantitative estimate of drug-likeness (QED) is 0.177. The Morgan fingerprint density at radius 3 is 2.07 bits per heavy atom. The number of aromatic nitrogens is 2. The normalized spacial score (nSPS) is 12.0. The van der Waals surface area contributed by atoms with Crippen molar-refractivity contribution in [2.45, 2.75) is 0 Å². The lowest BCUT2D eigenvalue weighted by atomic mass is 10.1. The average molecular weight is 724 g/mol. The first-order valence-electron chi connectivity index (χ1n) is 18.4. The van der Waals surface area contributed by atoms with Gasteiger partial charge in [-0.15, -0.1) is 11.3 Å². The molecule has 55 heavy (non-hydrogen) atoms. The van der Waals surface area contributed by atoms with Crippen molar-refractivity contribution in [3.8, 4) is 17.1 Å². The first-order valence-corrected chi connectivity index (χ1v) is 19.2. The molecule has 0 atom stereocenters. The van der Waals surface area contributed by atoms with Crippen LogP contribution in [0.5, 0.6) is 0 Å². The van der Waals surface area contributed by atoms with E-state index in [4.69, 9.17) is 13.8 Å². The number of thiophene rings is 1. The van der Waals surface area contributed by atoms with Gasteiger partial charge in [-0.1, -0.05) is 84.9 Å². The fraction of sp³-hybridized carbons (Fsp3) is 0. The summed E-state index contributed by atoms with van der Waals surface area (Å²) in [6.45, 7) is 0. The Morgan fingerprint density at radius 1 is 0.473 bits per heavy atom. The minimum Gasteiger partial charge on any atom is -0.456 e. The van der Waals surface area contributed by atoms with E-state index in [2.05, 4.69) is 149 Å². The number of furan rings is 1. The van der Waals surface area contributed by atoms with Crippen LogP contribution in [0.1, 0.15) is 0 Å². The third-order valence-corrected chi connectivity index (χ3v) is 12.0. The SMILES string of the molecule is c1ccc(-c2nc3cc4oc5cc(N(c6ccc7c(c6)c6ccccc6n7-c6ccccc6)c6cccc7c6sc6ccccc67)ccc5c4cc3o2)cc1. The van der Waals surface area contributed by atoms with Gasteiger partial charge in [-0.3, -0.25) is 0 Å². The van der Waals surface area contributed by atoms with E-state index in [1.807, 2.05) is 47.7 Å². The largest absolute Gasteiger partial charge is 0.456 e. The second-order valence-electron chi connectivity index (χ2n) is 14.0. The minimum absolute atomic E-state index is 0.602. The van der Waals surface area contributed by atoms with Gasteiger partial charge < -0.3 is 18.3 Å². The van der Waals surface area contributed by atoms with Crippen LogP contribution in [-0.4, -0.2) is 9.55 Å². The van der Waals surface area contributed by atoms with Gasteiger partial charge in [0.1, 0.15) is 16.7 Å². The van der Waals surface area contributed by atoms with Gasteiger partial charge in [0, 0.05) is 71.8 Å². The van der Waals surface area contributed by atoms with Crippen LogP contribution in [0.2, 0.25) is 0 Å². The van der Waals surface area contributed by atoms with Gasteiger partial charge >= 0.3 is 0 Å². The lowest BCUT2D eigenvalue weighted by Crippen LogP contribution is -2.10. The number of anilines is 3. The molecular weight excluding hydrogens is 695 g/mol. The van der Waals surface area contributed by atoms with Gasteiger partial charge in [0.2, 0.25) is 5.89 Å². The second-order valence-corrected chi connectivity index (χ2v) is 15.0. The summed E-state index contributed by atoms with van der Waals surface area (Å²) in [5.74, 6) is 0.602. The van der Waals surface area contributed by atoms with E-state index in [9.17, 15) is 0 Å². The molecule has 0 N–H and O–H groups in total. The predicted octanol–water partition coefficient (Wildman–Crippen LogP) is 14.3. The molecule has 6 heteroatoms.